The average molecular weight is 577 g/mol. The third-order valence-electron chi connectivity index (χ3n) is 9.07. The maximum Gasteiger partial charge on any atom is 0.292 e. The fourth-order valence-electron chi connectivity index (χ4n) is 7.20. The third-order valence-corrected chi connectivity index (χ3v) is 9.07. The number of aromatic nitrogens is 5. The second-order valence-corrected chi connectivity index (χ2v) is 11.6. The zero-order chi connectivity index (χ0) is 29.5. The van der Waals surface area contributed by atoms with E-state index in [1.54, 1.807) is 0 Å². The Hall–Kier alpha value is -6.20. The minimum atomic E-state index is 0.969. The Morgan fingerprint density at radius 2 is 1.29 bits per heavy atom. The molecule has 0 atom stereocenters. The molecule has 5 nitrogen and oxygen atoms in total. The predicted octanol–water partition coefficient (Wildman–Crippen LogP) is 9.16. The van der Waals surface area contributed by atoms with Gasteiger partial charge in [0.05, 0.1) is 22.1 Å². The second-order valence-electron chi connectivity index (χ2n) is 11.6. The molecular formula is C40H26N5+. The van der Waals surface area contributed by atoms with E-state index in [0.717, 1.165) is 67.0 Å². The van der Waals surface area contributed by atoms with Crippen molar-refractivity contribution in [2.45, 2.75) is 0 Å². The Labute approximate surface area is 257 Å². The van der Waals surface area contributed by atoms with Crippen molar-refractivity contribution in [2.75, 3.05) is 0 Å². The molecule has 0 aliphatic rings. The van der Waals surface area contributed by atoms with Gasteiger partial charge in [0, 0.05) is 21.8 Å². The van der Waals surface area contributed by atoms with Crippen LogP contribution >= 0.6 is 0 Å². The first-order valence-corrected chi connectivity index (χ1v) is 15.3. The number of aromatic amines is 1. The van der Waals surface area contributed by atoms with Crippen molar-refractivity contribution in [3.05, 3.63) is 152 Å². The van der Waals surface area contributed by atoms with E-state index >= 15 is 0 Å². The SMILES string of the molecule is c1ccc(-[n+]2c(-c3cccc(-n4c5ccccc5c5c6ccccc6c6nc7ccccc7n6c54)c3)[nH]c3ccccc32)cc1. The molecule has 0 bridgehead atoms. The Bertz CT molecular complexity index is 2760. The van der Waals surface area contributed by atoms with E-state index in [1.807, 2.05) is 0 Å². The fraction of sp³-hybridized carbons (Fsp3) is 0. The zero-order valence-corrected chi connectivity index (χ0v) is 24.2. The van der Waals surface area contributed by atoms with Crippen LogP contribution in [0.15, 0.2) is 152 Å². The molecular weight excluding hydrogens is 550 g/mol. The second kappa shape index (κ2) is 9.15. The summed E-state index contributed by atoms with van der Waals surface area (Å²) >= 11 is 0. The van der Waals surface area contributed by atoms with E-state index in [4.69, 9.17) is 4.98 Å². The highest BCUT2D eigenvalue weighted by molar-refractivity contribution is 6.23. The van der Waals surface area contributed by atoms with Gasteiger partial charge in [0.2, 0.25) is 0 Å². The molecule has 0 fully saturated rings. The molecule has 45 heavy (non-hydrogen) atoms. The number of para-hydroxylation sites is 6. The van der Waals surface area contributed by atoms with E-state index in [1.165, 1.54) is 16.2 Å². The van der Waals surface area contributed by atoms with E-state index in [2.05, 4.69) is 170 Å². The molecule has 0 aliphatic carbocycles. The van der Waals surface area contributed by atoms with E-state index in [-0.39, 0.29) is 0 Å². The first-order valence-electron chi connectivity index (χ1n) is 15.3. The highest BCUT2D eigenvalue weighted by Crippen LogP contribution is 2.40. The lowest BCUT2D eigenvalue weighted by Crippen LogP contribution is -2.31. The molecule has 210 valence electrons. The van der Waals surface area contributed by atoms with Gasteiger partial charge in [-0.05, 0) is 66.0 Å². The molecule has 4 aromatic heterocycles. The Morgan fingerprint density at radius 1 is 0.578 bits per heavy atom. The van der Waals surface area contributed by atoms with Crippen molar-refractivity contribution in [3.8, 4) is 22.8 Å². The number of H-pyrrole nitrogens is 1. The van der Waals surface area contributed by atoms with Gasteiger partial charge < -0.3 is 0 Å². The summed E-state index contributed by atoms with van der Waals surface area (Å²) in [6, 6.07) is 53.8. The summed E-state index contributed by atoms with van der Waals surface area (Å²) in [5, 5.41) is 4.81. The summed E-state index contributed by atoms with van der Waals surface area (Å²) in [6.07, 6.45) is 0. The molecule has 10 rings (SSSR count). The molecule has 0 spiro atoms. The Balaban J connectivity index is 1.34. The predicted molar refractivity (Wildman–Crippen MR) is 183 cm³/mol. The molecule has 10 aromatic rings. The lowest BCUT2D eigenvalue weighted by Gasteiger charge is -2.12. The normalized spacial score (nSPS) is 12.0. The molecule has 1 N–H and O–H groups in total. The van der Waals surface area contributed by atoms with E-state index in [9.17, 15) is 0 Å². The lowest BCUT2D eigenvalue weighted by molar-refractivity contribution is -0.554. The monoisotopic (exact) mass is 576 g/mol. The number of fused-ring (bicyclic) bond motifs is 11. The maximum absolute atomic E-state index is 5.17. The molecule has 0 amide bonds. The Kier molecular flexibility index (Phi) is 4.93. The van der Waals surface area contributed by atoms with Gasteiger partial charge in [-0.2, -0.15) is 4.57 Å². The number of pyridine rings is 1. The molecule has 5 heteroatoms. The van der Waals surface area contributed by atoms with Gasteiger partial charge in [-0.1, -0.05) is 91.0 Å². The number of benzene rings is 6. The number of rotatable bonds is 3. The topological polar surface area (TPSA) is 41.9 Å². The summed E-state index contributed by atoms with van der Waals surface area (Å²) in [5.41, 5.74) is 10.9. The number of hydrogen-bond donors (Lipinski definition) is 1. The average Bonchev–Trinajstić information content (AvgIpc) is 3.79. The van der Waals surface area contributed by atoms with Crippen LogP contribution in [0.4, 0.5) is 0 Å². The first kappa shape index (κ1) is 24.3. The van der Waals surface area contributed by atoms with Gasteiger partial charge in [-0.25, -0.2) is 9.97 Å². The van der Waals surface area contributed by atoms with Crippen molar-refractivity contribution in [1.82, 2.24) is 18.9 Å². The van der Waals surface area contributed by atoms with Crippen molar-refractivity contribution in [1.29, 1.82) is 0 Å². The van der Waals surface area contributed by atoms with Crippen LogP contribution in [0.3, 0.4) is 0 Å². The third kappa shape index (κ3) is 3.38. The highest BCUT2D eigenvalue weighted by atomic mass is 15.1. The van der Waals surface area contributed by atoms with Crippen LogP contribution in [0.1, 0.15) is 0 Å². The van der Waals surface area contributed by atoms with Crippen LogP contribution in [0.5, 0.6) is 0 Å². The van der Waals surface area contributed by atoms with Gasteiger partial charge in [0.15, 0.2) is 11.0 Å². The molecule has 4 heterocycles. The van der Waals surface area contributed by atoms with E-state index in [0.29, 0.717) is 0 Å². The summed E-state index contributed by atoms with van der Waals surface area (Å²) in [4.78, 5) is 8.91. The van der Waals surface area contributed by atoms with Gasteiger partial charge in [-0.15, -0.1) is 0 Å². The quantitative estimate of drug-likeness (QED) is 0.209. The summed E-state index contributed by atoms with van der Waals surface area (Å²) in [5.74, 6) is 1.04. The van der Waals surface area contributed by atoms with E-state index < -0.39 is 0 Å². The van der Waals surface area contributed by atoms with Gasteiger partial charge in [-0.3, -0.25) is 8.97 Å². The lowest BCUT2D eigenvalue weighted by atomic mass is 10.1. The van der Waals surface area contributed by atoms with Gasteiger partial charge >= 0.3 is 0 Å². The van der Waals surface area contributed by atoms with Crippen LogP contribution in [-0.2, 0) is 0 Å². The molecule has 0 saturated heterocycles. The van der Waals surface area contributed by atoms with Crippen molar-refractivity contribution in [2.24, 2.45) is 0 Å². The Morgan fingerprint density at radius 3 is 2.18 bits per heavy atom. The summed E-state index contributed by atoms with van der Waals surface area (Å²) in [7, 11) is 0. The molecule has 0 unspecified atom stereocenters. The van der Waals surface area contributed by atoms with Crippen LogP contribution in [-0.4, -0.2) is 18.9 Å². The standard InChI is InChI=1S/C40H25N5/c1-2-14-27(15-3-1)43-35-23-10-7-20-32(35)41-38(43)26-13-12-16-28(25-26)44-34-22-9-6-19-31(34)37-29-17-4-5-18-30(29)39-42-33-21-8-11-24-36(33)45(39)40(37)44/h1-25H/p+1. The largest absolute Gasteiger partial charge is 0.295 e. The van der Waals surface area contributed by atoms with Crippen molar-refractivity contribution >= 4 is 60.4 Å². The van der Waals surface area contributed by atoms with Crippen LogP contribution in [0.2, 0.25) is 0 Å². The molecule has 0 saturated carbocycles. The minimum absolute atomic E-state index is 0.969. The number of hydrogen-bond acceptors (Lipinski definition) is 1. The number of nitrogens with zero attached hydrogens (tertiary/aromatic N) is 4. The first-order chi connectivity index (χ1) is 22.3. The summed E-state index contributed by atoms with van der Waals surface area (Å²) < 4.78 is 7.08. The fourth-order valence-corrected chi connectivity index (χ4v) is 7.20. The number of nitrogens with one attached hydrogen (secondary N) is 1. The zero-order valence-electron chi connectivity index (χ0n) is 24.2. The van der Waals surface area contributed by atoms with Crippen LogP contribution < -0.4 is 4.57 Å². The van der Waals surface area contributed by atoms with Gasteiger partial charge in [0.25, 0.3) is 5.82 Å². The maximum atomic E-state index is 5.17. The van der Waals surface area contributed by atoms with Gasteiger partial charge in [0.1, 0.15) is 17.0 Å². The minimum Gasteiger partial charge on any atom is -0.295 e. The molecule has 0 radical (unpaired) electrons. The number of imidazole rings is 2. The van der Waals surface area contributed by atoms with Crippen LogP contribution in [0, 0.1) is 0 Å². The highest BCUT2D eigenvalue weighted by Gasteiger charge is 2.24. The smallest absolute Gasteiger partial charge is 0.292 e. The van der Waals surface area contributed by atoms with Crippen molar-refractivity contribution < 1.29 is 4.57 Å². The van der Waals surface area contributed by atoms with Crippen LogP contribution in [0.25, 0.3) is 83.2 Å². The van der Waals surface area contributed by atoms with Crippen molar-refractivity contribution in [3.63, 3.8) is 0 Å². The molecule has 6 aromatic carbocycles. The molecule has 0 aliphatic heterocycles. The summed E-state index contributed by atoms with van der Waals surface area (Å²) in [6.45, 7) is 0.